The molecule has 1 saturated heterocycles. The Morgan fingerprint density at radius 2 is 1.61 bits per heavy atom. The molecule has 1 aliphatic heterocycles. The fourth-order valence-electron chi connectivity index (χ4n) is 3.46. The molecular weight excluding hydrogens is 393 g/mol. The van der Waals surface area contributed by atoms with E-state index in [0.717, 1.165) is 32.7 Å². The van der Waals surface area contributed by atoms with Gasteiger partial charge in [-0.3, -0.25) is 9.80 Å². The first kappa shape index (κ1) is 20.9. The van der Waals surface area contributed by atoms with Crippen LogP contribution in [-0.4, -0.2) is 57.5 Å². The molecule has 8 heteroatoms. The Bertz CT molecular complexity index is 1000. The lowest BCUT2D eigenvalue weighted by Gasteiger charge is -2.33. The highest BCUT2D eigenvalue weighted by molar-refractivity contribution is 5.53. The summed E-state index contributed by atoms with van der Waals surface area (Å²) in [5, 5.41) is 3.05. The van der Waals surface area contributed by atoms with Gasteiger partial charge in [0.2, 0.25) is 11.9 Å². The zero-order valence-electron chi connectivity index (χ0n) is 17.3. The second kappa shape index (κ2) is 10.1. The fourth-order valence-corrected chi connectivity index (χ4v) is 3.46. The van der Waals surface area contributed by atoms with Crippen LogP contribution in [0.2, 0.25) is 0 Å². The lowest BCUT2D eigenvalue weighted by Crippen LogP contribution is -2.46. The number of nitrogen functional groups attached to an aromatic ring is 1. The van der Waals surface area contributed by atoms with Crippen molar-refractivity contribution in [3.8, 4) is 0 Å². The number of nitrogens with two attached hydrogens (primary N) is 1. The van der Waals surface area contributed by atoms with E-state index >= 15 is 0 Å². The second-order valence-electron chi connectivity index (χ2n) is 7.46. The maximum absolute atomic E-state index is 13.1. The molecule has 2 aromatic carbocycles. The largest absolute Gasteiger partial charge is 0.368 e. The Labute approximate surface area is 181 Å². The van der Waals surface area contributed by atoms with Gasteiger partial charge in [-0.1, -0.05) is 42.5 Å². The molecule has 0 radical (unpaired) electrons. The SMILES string of the molecule is Nc1nc(CN2CCN(C/C=C/c3ccccc3)CC2)nc(Nc2ccc(F)cc2)n1. The standard InChI is InChI=1S/C23H26FN7/c24-19-8-10-20(11-9-19)26-23-28-21(27-22(25)29-23)17-31-15-13-30(14-16-31)12-4-7-18-5-2-1-3-6-18/h1-11H,12-17H2,(H3,25,26,27,28,29)/b7-4+. The summed E-state index contributed by atoms with van der Waals surface area (Å²) in [6.45, 7) is 5.39. The van der Waals surface area contributed by atoms with Gasteiger partial charge in [0, 0.05) is 38.4 Å². The molecule has 1 aromatic heterocycles. The first-order chi connectivity index (χ1) is 15.1. The highest BCUT2D eigenvalue weighted by atomic mass is 19.1. The van der Waals surface area contributed by atoms with Crippen LogP contribution in [0.25, 0.3) is 6.08 Å². The van der Waals surface area contributed by atoms with Crippen LogP contribution in [0.15, 0.2) is 60.7 Å². The highest BCUT2D eigenvalue weighted by Crippen LogP contribution is 2.15. The molecule has 0 saturated carbocycles. The van der Waals surface area contributed by atoms with E-state index in [1.54, 1.807) is 12.1 Å². The minimum absolute atomic E-state index is 0.166. The molecule has 1 aliphatic rings. The van der Waals surface area contributed by atoms with Crippen LogP contribution in [0.5, 0.6) is 0 Å². The minimum Gasteiger partial charge on any atom is -0.368 e. The number of hydrogen-bond donors (Lipinski definition) is 2. The second-order valence-corrected chi connectivity index (χ2v) is 7.46. The van der Waals surface area contributed by atoms with E-state index in [1.807, 2.05) is 18.2 Å². The van der Waals surface area contributed by atoms with Crippen LogP contribution in [0, 0.1) is 5.82 Å². The number of benzene rings is 2. The molecule has 0 spiro atoms. The van der Waals surface area contributed by atoms with Gasteiger partial charge in [0.1, 0.15) is 11.6 Å². The summed E-state index contributed by atoms with van der Waals surface area (Å²) in [5.74, 6) is 0.851. The van der Waals surface area contributed by atoms with Crippen molar-refractivity contribution < 1.29 is 4.39 Å². The van der Waals surface area contributed by atoms with Crippen molar-refractivity contribution in [3.05, 3.63) is 77.9 Å². The normalized spacial score (nSPS) is 15.4. The Hall–Kier alpha value is -3.36. The van der Waals surface area contributed by atoms with Gasteiger partial charge >= 0.3 is 0 Å². The molecule has 1 fully saturated rings. The van der Waals surface area contributed by atoms with Crippen molar-refractivity contribution in [2.45, 2.75) is 6.54 Å². The number of halogens is 1. The van der Waals surface area contributed by atoms with Gasteiger partial charge in [0.25, 0.3) is 0 Å². The highest BCUT2D eigenvalue weighted by Gasteiger charge is 2.17. The average Bonchev–Trinajstić information content (AvgIpc) is 2.77. The van der Waals surface area contributed by atoms with Crippen molar-refractivity contribution in [3.63, 3.8) is 0 Å². The summed E-state index contributed by atoms with van der Waals surface area (Å²) in [7, 11) is 0. The lowest BCUT2D eigenvalue weighted by molar-refractivity contribution is 0.134. The van der Waals surface area contributed by atoms with Crippen molar-refractivity contribution >= 4 is 23.7 Å². The van der Waals surface area contributed by atoms with E-state index in [1.165, 1.54) is 17.7 Å². The quantitative estimate of drug-likeness (QED) is 0.609. The van der Waals surface area contributed by atoms with Crippen LogP contribution >= 0.6 is 0 Å². The van der Waals surface area contributed by atoms with E-state index in [4.69, 9.17) is 5.73 Å². The minimum atomic E-state index is -0.295. The summed E-state index contributed by atoms with van der Waals surface area (Å²) in [6.07, 6.45) is 4.38. The number of nitrogens with zero attached hydrogens (tertiary/aromatic N) is 5. The predicted molar refractivity (Wildman–Crippen MR) is 121 cm³/mol. The van der Waals surface area contributed by atoms with Crippen LogP contribution < -0.4 is 11.1 Å². The Morgan fingerprint density at radius 1 is 0.903 bits per heavy atom. The maximum Gasteiger partial charge on any atom is 0.232 e. The zero-order chi connectivity index (χ0) is 21.5. The summed E-state index contributed by atoms with van der Waals surface area (Å²) in [4.78, 5) is 17.6. The van der Waals surface area contributed by atoms with Crippen molar-refractivity contribution in [1.82, 2.24) is 24.8 Å². The molecule has 3 aromatic rings. The first-order valence-corrected chi connectivity index (χ1v) is 10.3. The number of aromatic nitrogens is 3. The average molecular weight is 420 g/mol. The molecule has 31 heavy (non-hydrogen) atoms. The molecule has 3 N–H and O–H groups in total. The Kier molecular flexibility index (Phi) is 6.81. The molecule has 160 valence electrons. The smallest absolute Gasteiger partial charge is 0.232 e. The van der Waals surface area contributed by atoms with Crippen molar-refractivity contribution in [1.29, 1.82) is 0 Å². The summed E-state index contributed by atoms with van der Waals surface area (Å²) in [6, 6.07) is 16.3. The summed E-state index contributed by atoms with van der Waals surface area (Å²) < 4.78 is 13.1. The van der Waals surface area contributed by atoms with Gasteiger partial charge in [-0.05, 0) is 29.8 Å². The van der Waals surface area contributed by atoms with Gasteiger partial charge < -0.3 is 11.1 Å². The number of anilines is 3. The van der Waals surface area contributed by atoms with Crippen LogP contribution in [0.4, 0.5) is 22.0 Å². The van der Waals surface area contributed by atoms with Gasteiger partial charge in [0.05, 0.1) is 6.54 Å². The van der Waals surface area contributed by atoms with Gasteiger partial charge in [-0.15, -0.1) is 0 Å². The monoisotopic (exact) mass is 419 g/mol. The van der Waals surface area contributed by atoms with Crippen molar-refractivity contribution in [2.24, 2.45) is 0 Å². The molecule has 0 aliphatic carbocycles. The number of piperazine rings is 1. The Morgan fingerprint density at radius 3 is 2.35 bits per heavy atom. The Balaban J connectivity index is 1.28. The molecule has 0 bridgehead atoms. The van der Waals surface area contributed by atoms with Gasteiger partial charge in [0.15, 0.2) is 0 Å². The molecule has 0 unspecified atom stereocenters. The zero-order valence-corrected chi connectivity index (χ0v) is 17.3. The number of hydrogen-bond acceptors (Lipinski definition) is 7. The van der Waals surface area contributed by atoms with E-state index in [-0.39, 0.29) is 11.8 Å². The van der Waals surface area contributed by atoms with E-state index in [2.05, 4.69) is 54.4 Å². The van der Waals surface area contributed by atoms with Crippen LogP contribution in [0.1, 0.15) is 11.4 Å². The summed E-state index contributed by atoms with van der Waals surface area (Å²) >= 11 is 0. The molecule has 2 heterocycles. The number of rotatable bonds is 7. The molecule has 4 rings (SSSR count). The van der Waals surface area contributed by atoms with Crippen molar-refractivity contribution in [2.75, 3.05) is 43.8 Å². The molecule has 0 atom stereocenters. The third-order valence-corrected chi connectivity index (χ3v) is 5.10. The predicted octanol–water partition coefficient (Wildman–Crippen LogP) is 3.17. The third-order valence-electron chi connectivity index (χ3n) is 5.10. The van der Waals surface area contributed by atoms with E-state index in [9.17, 15) is 4.39 Å². The number of nitrogens with one attached hydrogen (secondary N) is 1. The van der Waals surface area contributed by atoms with E-state index < -0.39 is 0 Å². The van der Waals surface area contributed by atoms with Crippen LogP contribution in [-0.2, 0) is 6.54 Å². The molecule has 7 nitrogen and oxygen atoms in total. The van der Waals surface area contributed by atoms with E-state index in [0.29, 0.717) is 24.0 Å². The summed E-state index contributed by atoms with van der Waals surface area (Å²) in [5.41, 5.74) is 7.78. The van der Waals surface area contributed by atoms with Crippen LogP contribution in [0.3, 0.4) is 0 Å². The molecular formula is C23H26FN7. The topological polar surface area (TPSA) is 83.2 Å². The maximum atomic E-state index is 13.1. The fraction of sp³-hybridized carbons (Fsp3) is 0.261. The third kappa shape index (κ3) is 6.31. The lowest BCUT2D eigenvalue weighted by atomic mass is 10.2. The van der Waals surface area contributed by atoms with Gasteiger partial charge in [-0.2, -0.15) is 15.0 Å². The molecule has 0 amide bonds. The van der Waals surface area contributed by atoms with Gasteiger partial charge in [-0.25, -0.2) is 4.39 Å². The first-order valence-electron chi connectivity index (χ1n) is 10.3.